The van der Waals surface area contributed by atoms with Gasteiger partial charge in [-0.15, -0.1) is 5.10 Å². The molecule has 1 aromatic rings. The van der Waals surface area contributed by atoms with Crippen LogP contribution in [0, 0.1) is 0 Å². The van der Waals surface area contributed by atoms with Crippen LogP contribution in [0.4, 0.5) is 0 Å². The van der Waals surface area contributed by atoms with E-state index in [9.17, 15) is 0 Å². The van der Waals surface area contributed by atoms with Crippen LogP contribution in [0.15, 0.2) is 0 Å². The smallest absolute Gasteiger partial charge is 0.165 e. The van der Waals surface area contributed by atoms with Crippen LogP contribution in [0.5, 0.6) is 0 Å². The predicted octanol–water partition coefficient (Wildman–Crippen LogP) is 1.21. The Morgan fingerprint density at radius 2 is 2.24 bits per heavy atom. The molecule has 1 saturated heterocycles. The zero-order valence-electron chi connectivity index (χ0n) is 10.0. The van der Waals surface area contributed by atoms with Crippen molar-refractivity contribution in [3.05, 3.63) is 5.82 Å². The first kappa shape index (κ1) is 11.5. The van der Waals surface area contributed by atoms with Crippen molar-refractivity contribution in [3.8, 4) is 0 Å². The van der Waals surface area contributed by atoms with Crippen molar-refractivity contribution in [2.45, 2.75) is 56.5 Å². The molecule has 1 aliphatic carbocycles. The molecule has 1 unspecified atom stereocenters. The molecule has 1 atom stereocenters. The van der Waals surface area contributed by atoms with E-state index in [4.69, 9.17) is 0 Å². The molecule has 0 spiro atoms. The minimum Gasteiger partial charge on any atom is -0.307 e. The number of hydrogen-bond donors (Lipinski definition) is 1. The van der Waals surface area contributed by atoms with Gasteiger partial charge in [0.25, 0.3) is 0 Å². The number of nitrogens with zero attached hydrogens (tertiary/aromatic N) is 4. The summed E-state index contributed by atoms with van der Waals surface area (Å²) in [6, 6.07) is 0.712. The Hall–Kier alpha value is -0.620. The summed E-state index contributed by atoms with van der Waals surface area (Å²) in [4.78, 5) is 0. The summed E-state index contributed by atoms with van der Waals surface area (Å²) in [5, 5.41) is 16.2. The van der Waals surface area contributed by atoms with Gasteiger partial charge in [-0.3, -0.25) is 0 Å². The van der Waals surface area contributed by atoms with Crippen molar-refractivity contribution < 1.29 is 0 Å². The highest BCUT2D eigenvalue weighted by Crippen LogP contribution is 2.26. The van der Waals surface area contributed by atoms with Gasteiger partial charge in [-0.2, -0.15) is 11.8 Å². The molecule has 0 bridgehead atoms. The molecule has 17 heavy (non-hydrogen) atoms. The molecule has 2 aliphatic rings. The van der Waals surface area contributed by atoms with Crippen molar-refractivity contribution in [1.29, 1.82) is 0 Å². The van der Waals surface area contributed by atoms with Gasteiger partial charge < -0.3 is 5.32 Å². The molecule has 6 heteroatoms. The summed E-state index contributed by atoms with van der Waals surface area (Å²) >= 11 is 2.07. The maximum atomic E-state index is 4.11. The molecule has 0 radical (unpaired) electrons. The molecule has 5 nitrogen and oxygen atoms in total. The van der Waals surface area contributed by atoms with Crippen molar-refractivity contribution in [2.75, 3.05) is 5.75 Å². The average molecular weight is 253 g/mol. The third kappa shape index (κ3) is 3.19. The van der Waals surface area contributed by atoms with Crippen LogP contribution in [0.1, 0.15) is 37.9 Å². The van der Waals surface area contributed by atoms with E-state index in [1.807, 2.05) is 4.68 Å². The largest absolute Gasteiger partial charge is 0.307 e. The molecule has 1 N–H and O–H groups in total. The molecule has 3 rings (SSSR count). The average Bonchev–Trinajstić information content (AvgIpc) is 3.09. The Bertz CT molecular complexity index is 356. The van der Waals surface area contributed by atoms with Gasteiger partial charge in [0.2, 0.25) is 0 Å². The number of tetrazole rings is 1. The highest BCUT2D eigenvalue weighted by Gasteiger charge is 2.22. The zero-order valence-corrected chi connectivity index (χ0v) is 10.8. The van der Waals surface area contributed by atoms with E-state index in [2.05, 4.69) is 32.6 Å². The second kappa shape index (κ2) is 5.35. The first-order valence-electron chi connectivity index (χ1n) is 6.52. The Kier molecular flexibility index (Phi) is 3.61. The Morgan fingerprint density at radius 1 is 1.29 bits per heavy atom. The number of aromatic nitrogens is 4. The second-order valence-electron chi connectivity index (χ2n) is 4.92. The number of thioether (sulfide) groups is 1. The van der Waals surface area contributed by atoms with Crippen molar-refractivity contribution in [2.24, 2.45) is 0 Å². The van der Waals surface area contributed by atoms with Crippen LogP contribution >= 0.6 is 11.8 Å². The fourth-order valence-electron chi connectivity index (χ4n) is 2.16. The Balaban J connectivity index is 1.55. The summed E-state index contributed by atoms with van der Waals surface area (Å²) in [6.45, 7) is 1.79. The summed E-state index contributed by atoms with van der Waals surface area (Å²) < 4.78 is 1.98. The third-order valence-electron chi connectivity index (χ3n) is 3.38. The number of rotatable bonds is 5. The zero-order chi connectivity index (χ0) is 11.5. The fraction of sp³-hybridized carbons (Fsp3) is 0.909. The Labute approximate surface area is 106 Å². The second-order valence-corrected chi connectivity index (χ2v) is 6.33. The van der Waals surface area contributed by atoms with Gasteiger partial charge in [0.15, 0.2) is 5.82 Å². The van der Waals surface area contributed by atoms with Crippen molar-refractivity contribution >= 4 is 11.8 Å². The van der Waals surface area contributed by atoms with Crippen LogP contribution in [-0.4, -0.2) is 37.3 Å². The molecule has 2 fully saturated rings. The van der Waals surface area contributed by atoms with Gasteiger partial charge >= 0.3 is 0 Å². The summed E-state index contributed by atoms with van der Waals surface area (Å²) in [5.41, 5.74) is 0. The molecule has 1 aliphatic heterocycles. The molecular weight excluding hydrogens is 234 g/mol. The van der Waals surface area contributed by atoms with Gasteiger partial charge in [0.1, 0.15) is 0 Å². The van der Waals surface area contributed by atoms with E-state index < -0.39 is 0 Å². The predicted molar refractivity (Wildman–Crippen MR) is 67.8 cm³/mol. The lowest BCUT2D eigenvalue weighted by atomic mass is 10.2. The first-order chi connectivity index (χ1) is 8.42. The fourth-order valence-corrected chi connectivity index (χ4v) is 3.44. The summed E-state index contributed by atoms with van der Waals surface area (Å²) in [6.07, 6.45) is 6.64. The van der Waals surface area contributed by atoms with E-state index in [0.29, 0.717) is 11.3 Å². The topological polar surface area (TPSA) is 55.6 Å². The SMILES string of the molecule is C1CCC(Cn2nnnc2CNC2CC2)SC1. The highest BCUT2D eigenvalue weighted by atomic mass is 32.2. The van der Waals surface area contributed by atoms with Crippen LogP contribution < -0.4 is 5.32 Å². The van der Waals surface area contributed by atoms with E-state index in [0.717, 1.165) is 18.9 Å². The highest BCUT2D eigenvalue weighted by molar-refractivity contribution is 7.99. The first-order valence-corrected chi connectivity index (χ1v) is 7.57. The molecule has 0 aromatic carbocycles. The van der Waals surface area contributed by atoms with E-state index in [1.54, 1.807) is 0 Å². The van der Waals surface area contributed by atoms with Gasteiger partial charge in [0, 0.05) is 11.3 Å². The van der Waals surface area contributed by atoms with Crippen LogP contribution in [0.25, 0.3) is 0 Å². The van der Waals surface area contributed by atoms with Crippen LogP contribution in [0.3, 0.4) is 0 Å². The standard InChI is InChI=1S/C11H19N5S/c1-2-6-17-10(3-1)8-16-11(13-14-15-16)7-12-9-4-5-9/h9-10,12H,1-8H2. The van der Waals surface area contributed by atoms with Crippen molar-refractivity contribution in [3.63, 3.8) is 0 Å². The molecule has 1 saturated carbocycles. The molecule has 1 aromatic heterocycles. The maximum absolute atomic E-state index is 4.11. The number of nitrogens with one attached hydrogen (secondary N) is 1. The summed E-state index contributed by atoms with van der Waals surface area (Å²) in [5.74, 6) is 2.28. The maximum Gasteiger partial charge on any atom is 0.165 e. The Morgan fingerprint density at radius 3 is 3.00 bits per heavy atom. The van der Waals surface area contributed by atoms with Crippen LogP contribution in [0.2, 0.25) is 0 Å². The molecule has 2 heterocycles. The third-order valence-corrected chi connectivity index (χ3v) is 4.76. The van der Waals surface area contributed by atoms with Gasteiger partial charge in [-0.1, -0.05) is 6.42 Å². The normalized spacial score (nSPS) is 25.1. The lowest BCUT2D eigenvalue weighted by molar-refractivity contribution is 0.503. The number of hydrogen-bond acceptors (Lipinski definition) is 5. The molecule has 94 valence electrons. The minimum atomic E-state index is 0.701. The van der Waals surface area contributed by atoms with E-state index in [1.165, 1.54) is 37.9 Å². The van der Waals surface area contributed by atoms with Gasteiger partial charge in [-0.05, 0) is 41.9 Å². The lowest BCUT2D eigenvalue weighted by Crippen LogP contribution is -2.23. The van der Waals surface area contributed by atoms with E-state index in [-0.39, 0.29) is 0 Å². The van der Waals surface area contributed by atoms with Crippen molar-refractivity contribution in [1.82, 2.24) is 25.5 Å². The molecular formula is C11H19N5S. The quantitative estimate of drug-likeness (QED) is 0.855. The van der Waals surface area contributed by atoms with Gasteiger partial charge in [0.05, 0.1) is 13.1 Å². The monoisotopic (exact) mass is 253 g/mol. The molecule has 0 amide bonds. The van der Waals surface area contributed by atoms with Crippen LogP contribution in [-0.2, 0) is 13.1 Å². The summed E-state index contributed by atoms with van der Waals surface area (Å²) in [7, 11) is 0. The van der Waals surface area contributed by atoms with Gasteiger partial charge in [-0.25, -0.2) is 4.68 Å². The lowest BCUT2D eigenvalue weighted by Gasteiger charge is -2.21. The van der Waals surface area contributed by atoms with E-state index >= 15 is 0 Å². The minimum absolute atomic E-state index is 0.701.